The number of carbonyl (C=O) groups is 1. The fraction of sp³-hybridized carbons (Fsp3) is 0.150. The minimum atomic E-state index is -3.93. The Morgan fingerprint density at radius 2 is 1.86 bits per heavy atom. The Balaban J connectivity index is 1.88. The SMILES string of the molecule is Cc1ccc(S(=O)(=O)N(CC(=O)NCc2ccco2)c2cccc(Br)c2)cc1. The number of hydrogen-bond acceptors (Lipinski definition) is 4. The standard InChI is InChI=1S/C20H19BrN2O4S/c1-15-7-9-19(10-8-15)28(25,26)23(17-5-2-4-16(21)12-17)14-20(24)22-13-18-6-3-11-27-18/h2-12H,13-14H2,1H3,(H,22,24). The Morgan fingerprint density at radius 3 is 2.50 bits per heavy atom. The summed E-state index contributed by atoms with van der Waals surface area (Å²) in [6.45, 7) is 1.71. The molecule has 3 rings (SSSR count). The van der Waals surface area contributed by atoms with Crippen LogP contribution in [0.25, 0.3) is 0 Å². The van der Waals surface area contributed by atoms with Crippen LogP contribution >= 0.6 is 15.9 Å². The molecule has 1 heterocycles. The van der Waals surface area contributed by atoms with E-state index in [1.54, 1.807) is 48.5 Å². The van der Waals surface area contributed by atoms with Crippen LogP contribution in [0.2, 0.25) is 0 Å². The van der Waals surface area contributed by atoms with Gasteiger partial charge in [-0.05, 0) is 49.4 Å². The molecule has 6 nitrogen and oxygen atoms in total. The Hall–Kier alpha value is -2.58. The zero-order valence-electron chi connectivity index (χ0n) is 15.1. The molecule has 0 aliphatic carbocycles. The number of nitrogens with one attached hydrogen (secondary N) is 1. The number of nitrogens with zero attached hydrogens (tertiary/aromatic N) is 1. The van der Waals surface area contributed by atoms with Crippen LogP contribution in [0.3, 0.4) is 0 Å². The van der Waals surface area contributed by atoms with E-state index in [1.807, 2.05) is 6.92 Å². The molecule has 1 aromatic heterocycles. The number of hydrogen-bond donors (Lipinski definition) is 1. The van der Waals surface area contributed by atoms with Gasteiger partial charge in [-0.1, -0.05) is 39.7 Å². The minimum Gasteiger partial charge on any atom is -0.467 e. The molecule has 146 valence electrons. The van der Waals surface area contributed by atoms with Gasteiger partial charge in [-0.3, -0.25) is 9.10 Å². The van der Waals surface area contributed by atoms with Crippen molar-refractivity contribution in [2.24, 2.45) is 0 Å². The van der Waals surface area contributed by atoms with E-state index >= 15 is 0 Å². The van der Waals surface area contributed by atoms with Crippen molar-refractivity contribution in [3.8, 4) is 0 Å². The summed E-state index contributed by atoms with van der Waals surface area (Å²) < 4.78 is 33.5. The number of halogens is 1. The number of amides is 1. The molecule has 0 saturated heterocycles. The van der Waals surface area contributed by atoms with E-state index in [-0.39, 0.29) is 18.0 Å². The number of anilines is 1. The highest BCUT2D eigenvalue weighted by Gasteiger charge is 2.27. The van der Waals surface area contributed by atoms with Gasteiger partial charge in [0.05, 0.1) is 23.4 Å². The van der Waals surface area contributed by atoms with Gasteiger partial charge in [-0.25, -0.2) is 8.42 Å². The topological polar surface area (TPSA) is 79.6 Å². The van der Waals surface area contributed by atoms with Crippen molar-refractivity contribution in [2.75, 3.05) is 10.8 Å². The normalized spacial score (nSPS) is 11.2. The molecule has 0 bridgehead atoms. The lowest BCUT2D eigenvalue weighted by molar-refractivity contribution is -0.119. The van der Waals surface area contributed by atoms with Crippen LogP contribution in [0.15, 0.2) is 80.7 Å². The smallest absolute Gasteiger partial charge is 0.264 e. The average molecular weight is 463 g/mol. The van der Waals surface area contributed by atoms with Crippen LogP contribution in [0.5, 0.6) is 0 Å². The van der Waals surface area contributed by atoms with Gasteiger partial charge in [0.15, 0.2) is 0 Å². The highest BCUT2D eigenvalue weighted by molar-refractivity contribution is 9.10. The fourth-order valence-corrected chi connectivity index (χ4v) is 4.37. The predicted molar refractivity (Wildman–Crippen MR) is 110 cm³/mol. The molecule has 1 amide bonds. The minimum absolute atomic E-state index is 0.122. The van der Waals surface area contributed by atoms with Crippen LogP contribution in [0.4, 0.5) is 5.69 Å². The molecule has 0 aliphatic rings. The summed E-state index contributed by atoms with van der Waals surface area (Å²) in [7, 11) is -3.93. The van der Waals surface area contributed by atoms with Gasteiger partial charge < -0.3 is 9.73 Å². The molecule has 0 saturated carbocycles. The molecule has 0 aliphatic heterocycles. The largest absolute Gasteiger partial charge is 0.467 e. The van der Waals surface area contributed by atoms with Crippen molar-refractivity contribution >= 4 is 37.5 Å². The van der Waals surface area contributed by atoms with Crippen LogP contribution < -0.4 is 9.62 Å². The molecular formula is C20H19BrN2O4S. The highest BCUT2D eigenvalue weighted by atomic mass is 79.9. The number of sulfonamides is 1. The summed E-state index contributed by atoms with van der Waals surface area (Å²) in [5, 5.41) is 2.68. The summed E-state index contributed by atoms with van der Waals surface area (Å²) in [6.07, 6.45) is 1.51. The van der Waals surface area contributed by atoms with Gasteiger partial charge in [0, 0.05) is 4.47 Å². The molecule has 3 aromatic rings. The molecule has 28 heavy (non-hydrogen) atoms. The van der Waals surface area contributed by atoms with Crippen molar-refractivity contribution < 1.29 is 17.6 Å². The summed E-state index contributed by atoms with van der Waals surface area (Å²) in [5.41, 5.74) is 1.34. The van der Waals surface area contributed by atoms with Gasteiger partial charge >= 0.3 is 0 Å². The van der Waals surface area contributed by atoms with E-state index in [4.69, 9.17) is 4.42 Å². The summed E-state index contributed by atoms with van der Waals surface area (Å²) >= 11 is 3.35. The zero-order valence-corrected chi connectivity index (χ0v) is 17.5. The van der Waals surface area contributed by atoms with Crippen LogP contribution in [0.1, 0.15) is 11.3 Å². The number of aryl methyl sites for hydroxylation is 1. The summed E-state index contributed by atoms with van der Waals surface area (Å²) in [5.74, 6) is 0.149. The lowest BCUT2D eigenvalue weighted by atomic mass is 10.2. The van der Waals surface area contributed by atoms with Crippen molar-refractivity contribution in [1.82, 2.24) is 5.32 Å². The second kappa shape index (κ2) is 8.62. The van der Waals surface area contributed by atoms with Gasteiger partial charge in [-0.15, -0.1) is 0 Å². The van der Waals surface area contributed by atoms with E-state index in [9.17, 15) is 13.2 Å². The van der Waals surface area contributed by atoms with Gasteiger partial charge in [-0.2, -0.15) is 0 Å². The third kappa shape index (κ3) is 4.82. The third-order valence-electron chi connectivity index (χ3n) is 4.03. The molecule has 2 aromatic carbocycles. The first-order chi connectivity index (χ1) is 13.4. The maximum absolute atomic E-state index is 13.2. The quantitative estimate of drug-likeness (QED) is 0.577. The number of furan rings is 1. The van der Waals surface area contributed by atoms with Gasteiger partial charge in [0.1, 0.15) is 12.3 Å². The Morgan fingerprint density at radius 1 is 1.11 bits per heavy atom. The van der Waals surface area contributed by atoms with Crippen molar-refractivity contribution in [3.05, 3.63) is 82.7 Å². The van der Waals surface area contributed by atoms with Crippen molar-refractivity contribution in [2.45, 2.75) is 18.4 Å². The summed E-state index contributed by atoms with van der Waals surface area (Å²) in [6, 6.07) is 16.8. The van der Waals surface area contributed by atoms with Crippen molar-refractivity contribution in [3.63, 3.8) is 0 Å². The molecule has 0 unspecified atom stereocenters. The molecule has 8 heteroatoms. The van der Waals surface area contributed by atoms with Crippen LogP contribution in [0, 0.1) is 6.92 Å². The van der Waals surface area contributed by atoms with E-state index in [1.165, 1.54) is 18.4 Å². The average Bonchev–Trinajstić information content (AvgIpc) is 3.18. The van der Waals surface area contributed by atoms with E-state index in [0.29, 0.717) is 15.9 Å². The third-order valence-corrected chi connectivity index (χ3v) is 6.31. The van der Waals surface area contributed by atoms with Gasteiger partial charge in [0.25, 0.3) is 10.0 Å². The first-order valence-electron chi connectivity index (χ1n) is 8.50. The molecule has 0 atom stereocenters. The fourth-order valence-electron chi connectivity index (χ4n) is 2.57. The van der Waals surface area contributed by atoms with Crippen molar-refractivity contribution in [1.29, 1.82) is 0 Å². The van der Waals surface area contributed by atoms with E-state index < -0.39 is 15.9 Å². The Labute approximate surface area is 172 Å². The Kier molecular flexibility index (Phi) is 6.21. The summed E-state index contributed by atoms with van der Waals surface area (Å²) in [4.78, 5) is 12.6. The lowest BCUT2D eigenvalue weighted by Gasteiger charge is -2.24. The molecule has 0 spiro atoms. The molecule has 0 radical (unpaired) electrons. The van der Waals surface area contributed by atoms with Gasteiger partial charge in [0.2, 0.25) is 5.91 Å². The predicted octanol–water partition coefficient (Wildman–Crippen LogP) is 3.86. The van der Waals surface area contributed by atoms with Crippen LogP contribution in [-0.4, -0.2) is 20.9 Å². The number of rotatable bonds is 7. The first-order valence-corrected chi connectivity index (χ1v) is 10.7. The van der Waals surface area contributed by atoms with E-state index in [2.05, 4.69) is 21.2 Å². The van der Waals surface area contributed by atoms with E-state index in [0.717, 1.165) is 9.87 Å². The molecular weight excluding hydrogens is 444 g/mol. The molecule has 0 fully saturated rings. The zero-order chi connectivity index (χ0) is 20.1. The second-order valence-electron chi connectivity index (χ2n) is 6.16. The lowest BCUT2D eigenvalue weighted by Crippen LogP contribution is -2.40. The molecule has 1 N–H and O–H groups in total. The maximum atomic E-state index is 13.2. The highest BCUT2D eigenvalue weighted by Crippen LogP contribution is 2.26. The number of benzene rings is 2. The maximum Gasteiger partial charge on any atom is 0.264 e. The monoisotopic (exact) mass is 462 g/mol. The second-order valence-corrected chi connectivity index (χ2v) is 8.94. The first kappa shape index (κ1) is 20.2. The van der Waals surface area contributed by atoms with Crippen LogP contribution in [-0.2, 0) is 21.4 Å². The Bertz CT molecular complexity index is 1050. The number of carbonyl (C=O) groups excluding carboxylic acids is 1.